The number of nitrogens with zero attached hydrogens (tertiary/aromatic N) is 5. The zero-order chi connectivity index (χ0) is 19.4. The Morgan fingerprint density at radius 2 is 2.11 bits per heavy atom. The minimum Gasteiger partial charge on any atom is -0.336 e. The second-order valence-electron chi connectivity index (χ2n) is 8.58. The predicted octanol–water partition coefficient (Wildman–Crippen LogP) is 2.88. The highest BCUT2D eigenvalue weighted by atomic mass is 16.2. The molecule has 6 nitrogen and oxygen atoms in total. The number of likely N-dealkylation sites (tertiary alicyclic amines) is 2. The SMILES string of the molecule is Cc1cnn(CCCN2CCC[C@]3(CCC(=O)N(Cc4ccccn4)C3)C2)c1. The van der Waals surface area contributed by atoms with E-state index in [9.17, 15) is 4.79 Å². The van der Waals surface area contributed by atoms with Gasteiger partial charge in [0.25, 0.3) is 0 Å². The summed E-state index contributed by atoms with van der Waals surface area (Å²) in [5, 5.41) is 4.39. The lowest BCUT2D eigenvalue weighted by atomic mass is 9.73. The van der Waals surface area contributed by atoms with Crippen molar-refractivity contribution in [1.82, 2.24) is 24.6 Å². The minimum atomic E-state index is 0.253. The second-order valence-corrected chi connectivity index (χ2v) is 8.58. The third-order valence-electron chi connectivity index (χ3n) is 6.19. The van der Waals surface area contributed by atoms with Crippen LogP contribution in [-0.2, 0) is 17.9 Å². The molecule has 2 aromatic heterocycles. The van der Waals surface area contributed by atoms with E-state index in [-0.39, 0.29) is 11.3 Å². The molecule has 0 bridgehead atoms. The Balaban J connectivity index is 1.33. The van der Waals surface area contributed by atoms with Crippen LogP contribution < -0.4 is 0 Å². The van der Waals surface area contributed by atoms with Crippen molar-refractivity contribution >= 4 is 5.91 Å². The van der Waals surface area contributed by atoms with Crippen molar-refractivity contribution in [1.29, 1.82) is 0 Å². The summed E-state index contributed by atoms with van der Waals surface area (Å²) in [5.41, 5.74) is 2.45. The molecule has 150 valence electrons. The molecule has 2 aliphatic rings. The molecule has 0 unspecified atom stereocenters. The zero-order valence-corrected chi connectivity index (χ0v) is 16.9. The lowest BCUT2D eigenvalue weighted by Gasteiger charge is -2.48. The minimum absolute atomic E-state index is 0.253. The van der Waals surface area contributed by atoms with E-state index >= 15 is 0 Å². The molecule has 2 aliphatic heterocycles. The molecular weight excluding hydrogens is 350 g/mol. The first-order valence-electron chi connectivity index (χ1n) is 10.5. The number of pyridine rings is 1. The van der Waals surface area contributed by atoms with Crippen LogP contribution in [-0.4, -0.2) is 56.7 Å². The number of rotatable bonds is 6. The van der Waals surface area contributed by atoms with Gasteiger partial charge in [0.05, 0.1) is 18.4 Å². The second kappa shape index (κ2) is 8.43. The zero-order valence-electron chi connectivity index (χ0n) is 16.9. The van der Waals surface area contributed by atoms with Gasteiger partial charge < -0.3 is 9.80 Å². The van der Waals surface area contributed by atoms with Crippen molar-refractivity contribution in [2.45, 2.75) is 52.1 Å². The topological polar surface area (TPSA) is 54.3 Å². The summed E-state index contributed by atoms with van der Waals surface area (Å²) in [5.74, 6) is 0.280. The molecular formula is C22H31N5O. The number of aromatic nitrogens is 3. The maximum atomic E-state index is 12.5. The summed E-state index contributed by atoms with van der Waals surface area (Å²) in [6.45, 7) is 7.96. The van der Waals surface area contributed by atoms with Crippen molar-refractivity contribution in [3.8, 4) is 0 Å². The van der Waals surface area contributed by atoms with Gasteiger partial charge in [0.1, 0.15) is 0 Å². The van der Waals surface area contributed by atoms with Gasteiger partial charge in [-0.2, -0.15) is 5.10 Å². The fraction of sp³-hybridized carbons (Fsp3) is 0.591. The highest BCUT2D eigenvalue weighted by Crippen LogP contribution is 2.39. The van der Waals surface area contributed by atoms with Crippen LogP contribution in [0.5, 0.6) is 0 Å². The molecule has 4 heterocycles. The van der Waals surface area contributed by atoms with Crippen LogP contribution in [0.1, 0.15) is 43.4 Å². The Hall–Kier alpha value is -2.21. The van der Waals surface area contributed by atoms with Gasteiger partial charge in [0.2, 0.25) is 5.91 Å². The third-order valence-corrected chi connectivity index (χ3v) is 6.19. The van der Waals surface area contributed by atoms with Gasteiger partial charge in [-0.15, -0.1) is 0 Å². The molecule has 28 heavy (non-hydrogen) atoms. The average Bonchev–Trinajstić information content (AvgIpc) is 3.11. The number of aryl methyl sites for hydroxylation is 2. The van der Waals surface area contributed by atoms with E-state index in [1.165, 1.54) is 24.9 Å². The van der Waals surface area contributed by atoms with Gasteiger partial charge in [0, 0.05) is 43.9 Å². The predicted molar refractivity (Wildman–Crippen MR) is 109 cm³/mol. The number of piperidine rings is 2. The van der Waals surface area contributed by atoms with E-state index in [4.69, 9.17) is 0 Å². The van der Waals surface area contributed by atoms with E-state index in [1.54, 1.807) is 0 Å². The van der Waals surface area contributed by atoms with Crippen molar-refractivity contribution in [2.75, 3.05) is 26.2 Å². The normalized spacial score (nSPS) is 23.5. The Morgan fingerprint density at radius 3 is 2.89 bits per heavy atom. The maximum absolute atomic E-state index is 12.5. The summed E-state index contributed by atoms with van der Waals surface area (Å²) in [6.07, 6.45) is 11.1. The standard InChI is InChI=1S/C22H31N5O/c1-19-14-24-27(15-19)13-5-12-25-11-4-8-22(17-25)9-7-21(28)26(18-22)16-20-6-2-3-10-23-20/h2-3,6,10,14-15H,4-5,7-9,11-13,16-18H2,1H3/t22-/m0/s1. The molecule has 1 atom stereocenters. The average molecular weight is 382 g/mol. The van der Waals surface area contributed by atoms with Crippen molar-refractivity contribution < 1.29 is 4.79 Å². The van der Waals surface area contributed by atoms with Crippen molar-refractivity contribution in [3.63, 3.8) is 0 Å². The maximum Gasteiger partial charge on any atom is 0.222 e. The monoisotopic (exact) mass is 381 g/mol. The van der Waals surface area contributed by atoms with E-state index in [2.05, 4.69) is 28.1 Å². The molecule has 0 N–H and O–H groups in total. The molecule has 0 aliphatic carbocycles. The van der Waals surface area contributed by atoms with Crippen LogP contribution in [0.15, 0.2) is 36.8 Å². The van der Waals surface area contributed by atoms with Crippen LogP contribution in [0.4, 0.5) is 0 Å². The fourth-order valence-electron chi connectivity index (χ4n) is 4.81. The highest BCUT2D eigenvalue weighted by Gasteiger charge is 2.41. The number of hydrogen-bond acceptors (Lipinski definition) is 4. The third kappa shape index (κ3) is 4.61. The molecule has 0 radical (unpaired) electrons. The molecule has 6 heteroatoms. The van der Waals surface area contributed by atoms with Crippen LogP contribution in [0.25, 0.3) is 0 Å². The van der Waals surface area contributed by atoms with Crippen molar-refractivity contribution in [3.05, 3.63) is 48.0 Å². The van der Waals surface area contributed by atoms with Gasteiger partial charge in [-0.1, -0.05) is 6.07 Å². The quantitative estimate of drug-likeness (QED) is 0.772. The lowest BCUT2D eigenvalue weighted by molar-refractivity contribution is -0.140. The van der Waals surface area contributed by atoms with Gasteiger partial charge in [-0.05, 0) is 63.4 Å². The summed E-state index contributed by atoms with van der Waals surface area (Å²) < 4.78 is 2.04. The molecule has 1 amide bonds. The summed E-state index contributed by atoms with van der Waals surface area (Å²) in [7, 11) is 0. The van der Waals surface area contributed by atoms with Gasteiger partial charge in [-0.3, -0.25) is 14.5 Å². The summed E-state index contributed by atoms with van der Waals surface area (Å²) in [4.78, 5) is 21.6. The van der Waals surface area contributed by atoms with Crippen LogP contribution in [0, 0.1) is 12.3 Å². The van der Waals surface area contributed by atoms with Gasteiger partial charge in [0.15, 0.2) is 0 Å². The fourth-order valence-corrected chi connectivity index (χ4v) is 4.81. The number of hydrogen-bond donors (Lipinski definition) is 0. The molecule has 0 aromatic carbocycles. The number of carbonyl (C=O) groups is 1. The number of amides is 1. The van der Waals surface area contributed by atoms with E-state index in [0.29, 0.717) is 13.0 Å². The smallest absolute Gasteiger partial charge is 0.222 e. The first kappa shape index (κ1) is 19.1. The Morgan fingerprint density at radius 1 is 1.18 bits per heavy atom. The van der Waals surface area contributed by atoms with E-state index in [0.717, 1.165) is 44.7 Å². The molecule has 2 aromatic rings. The van der Waals surface area contributed by atoms with Gasteiger partial charge >= 0.3 is 0 Å². The molecule has 0 saturated carbocycles. The first-order valence-corrected chi connectivity index (χ1v) is 10.5. The summed E-state index contributed by atoms with van der Waals surface area (Å²) in [6, 6.07) is 5.93. The highest BCUT2D eigenvalue weighted by molar-refractivity contribution is 5.77. The van der Waals surface area contributed by atoms with Crippen LogP contribution in [0.3, 0.4) is 0 Å². The Labute approximate surface area is 167 Å². The Kier molecular flexibility index (Phi) is 5.76. The van der Waals surface area contributed by atoms with Crippen LogP contribution in [0.2, 0.25) is 0 Å². The van der Waals surface area contributed by atoms with Crippen molar-refractivity contribution in [2.24, 2.45) is 5.41 Å². The van der Waals surface area contributed by atoms with E-state index < -0.39 is 0 Å². The molecule has 2 saturated heterocycles. The lowest BCUT2D eigenvalue weighted by Crippen LogP contribution is -2.53. The molecule has 4 rings (SSSR count). The first-order chi connectivity index (χ1) is 13.6. The largest absolute Gasteiger partial charge is 0.336 e. The van der Waals surface area contributed by atoms with E-state index in [1.807, 2.05) is 40.2 Å². The van der Waals surface area contributed by atoms with Crippen LogP contribution >= 0.6 is 0 Å². The van der Waals surface area contributed by atoms with Gasteiger partial charge in [-0.25, -0.2) is 0 Å². The molecule has 2 fully saturated rings. The summed E-state index contributed by atoms with van der Waals surface area (Å²) >= 11 is 0. The molecule has 1 spiro atoms. The number of carbonyl (C=O) groups excluding carboxylic acids is 1. The Bertz CT molecular complexity index is 789.